The van der Waals surface area contributed by atoms with Crippen molar-refractivity contribution in [2.45, 2.75) is 32.7 Å². The van der Waals surface area contributed by atoms with E-state index in [1.165, 1.54) is 0 Å². The van der Waals surface area contributed by atoms with E-state index >= 15 is 0 Å². The number of H-pyrrole nitrogens is 1. The second-order valence-corrected chi connectivity index (χ2v) is 6.44. The van der Waals surface area contributed by atoms with Gasteiger partial charge in [-0.3, -0.25) is 4.68 Å². The highest BCUT2D eigenvalue weighted by Gasteiger charge is 2.18. The topological polar surface area (TPSA) is 58.5 Å². The molecule has 0 aliphatic heterocycles. The molecule has 21 heavy (non-hydrogen) atoms. The van der Waals surface area contributed by atoms with Crippen molar-refractivity contribution in [1.29, 1.82) is 0 Å². The van der Waals surface area contributed by atoms with Crippen molar-refractivity contribution in [3.63, 3.8) is 0 Å². The Balaban J connectivity index is 1.80. The van der Waals surface area contributed by atoms with E-state index in [0.29, 0.717) is 0 Å². The molecular formula is C16H21N5. The van der Waals surface area contributed by atoms with Crippen LogP contribution in [0.15, 0.2) is 30.6 Å². The van der Waals surface area contributed by atoms with Crippen LogP contribution in [0.4, 0.5) is 5.69 Å². The molecule has 0 spiro atoms. The Kier molecular flexibility index (Phi) is 3.20. The largest absolute Gasteiger partial charge is 0.381 e. The third-order valence-electron chi connectivity index (χ3n) is 3.45. The lowest BCUT2D eigenvalue weighted by atomic mass is 9.96. The van der Waals surface area contributed by atoms with Crippen LogP contribution in [0.1, 0.15) is 32.2 Å². The highest BCUT2D eigenvalue weighted by molar-refractivity contribution is 5.79. The molecule has 1 aromatic carbocycles. The Morgan fingerprint density at radius 2 is 2.10 bits per heavy atom. The summed E-state index contributed by atoms with van der Waals surface area (Å²) in [4.78, 5) is 8.06. The Labute approximate surface area is 124 Å². The molecule has 2 heterocycles. The van der Waals surface area contributed by atoms with Gasteiger partial charge in [0.25, 0.3) is 0 Å². The van der Waals surface area contributed by atoms with Crippen molar-refractivity contribution in [3.05, 3.63) is 42.0 Å². The predicted molar refractivity (Wildman–Crippen MR) is 85.3 cm³/mol. The third-order valence-corrected chi connectivity index (χ3v) is 3.45. The lowest BCUT2D eigenvalue weighted by Gasteiger charge is -2.13. The van der Waals surface area contributed by atoms with Crippen molar-refractivity contribution in [1.82, 2.24) is 19.7 Å². The maximum Gasteiger partial charge on any atom is 0.112 e. The molecule has 0 radical (unpaired) electrons. The van der Waals surface area contributed by atoms with E-state index < -0.39 is 0 Å². The molecule has 3 rings (SSSR count). The van der Waals surface area contributed by atoms with Crippen molar-refractivity contribution in [2.75, 3.05) is 5.32 Å². The first-order valence-corrected chi connectivity index (χ1v) is 7.13. The van der Waals surface area contributed by atoms with Crippen LogP contribution in [-0.2, 0) is 19.0 Å². The standard InChI is InChI=1S/C16H21N5/c1-16(2,3)15-19-13-6-5-12(7-14(13)20-15)17-8-11-9-18-21(4)10-11/h5-7,9-10,17H,8H2,1-4H3,(H,19,20). The van der Waals surface area contributed by atoms with Gasteiger partial charge in [-0.15, -0.1) is 0 Å². The second-order valence-electron chi connectivity index (χ2n) is 6.44. The Hall–Kier alpha value is -2.30. The normalized spacial score (nSPS) is 12.0. The minimum Gasteiger partial charge on any atom is -0.381 e. The van der Waals surface area contributed by atoms with Crippen molar-refractivity contribution in [3.8, 4) is 0 Å². The van der Waals surface area contributed by atoms with Gasteiger partial charge in [0.2, 0.25) is 0 Å². The lowest BCUT2D eigenvalue weighted by Crippen LogP contribution is -2.12. The fourth-order valence-corrected chi connectivity index (χ4v) is 2.24. The first kappa shape index (κ1) is 13.7. The zero-order valence-electron chi connectivity index (χ0n) is 12.9. The fraction of sp³-hybridized carbons (Fsp3) is 0.375. The van der Waals surface area contributed by atoms with E-state index in [-0.39, 0.29) is 5.41 Å². The highest BCUT2D eigenvalue weighted by atomic mass is 15.2. The molecule has 2 aromatic heterocycles. The summed E-state index contributed by atoms with van der Waals surface area (Å²) in [6, 6.07) is 6.21. The average Bonchev–Trinajstić information content (AvgIpc) is 3.01. The minimum atomic E-state index is 0.0301. The summed E-state index contributed by atoms with van der Waals surface area (Å²) in [7, 11) is 1.92. The average molecular weight is 283 g/mol. The number of hydrogen-bond acceptors (Lipinski definition) is 3. The Morgan fingerprint density at radius 1 is 1.29 bits per heavy atom. The van der Waals surface area contributed by atoms with Gasteiger partial charge in [-0.1, -0.05) is 20.8 Å². The summed E-state index contributed by atoms with van der Waals surface area (Å²) in [6.07, 6.45) is 3.89. The summed E-state index contributed by atoms with van der Waals surface area (Å²) in [5, 5.41) is 7.58. The van der Waals surface area contributed by atoms with E-state index in [4.69, 9.17) is 0 Å². The van der Waals surface area contributed by atoms with Gasteiger partial charge >= 0.3 is 0 Å². The van der Waals surface area contributed by atoms with Crippen LogP contribution in [0.2, 0.25) is 0 Å². The van der Waals surface area contributed by atoms with E-state index in [1.54, 1.807) is 0 Å². The number of fused-ring (bicyclic) bond motifs is 1. The van der Waals surface area contributed by atoms with Gasteiger partial charge in [0.15, 0.2) is 0 Å². The number of nitrogens with zero attached hydrogens (tertiary/aromatic N) is 3. The van der Waals surface area contributed by atoms with E-state index in [0.717, 1.165) is 34.7 Å². The quantitative estimate of drug-likeness (QED) is 0.776. The van der Waals surface area contributed by atoms with Crippen LogP contribution in [0.5, 0.6) is 0 Å². The van der Waals surface area contributed by atoms with Gasteiger partial charge in [0.05, 0.1) is 17.2 Å². The number of aryl methyl sites for hydroxylation is 1. The molecule has 2 N–H and O–H groups in total. The predicted octanol–water partition coefficient (Wildman–Crippen LogP) is 3.21. The SMILES string of the molecule is Cn1cc(CNc2ccc3nc(C(C)(C)C)[nH]c3c2)cn1. The van der Waals surface area contributed by atoms with Crippen molar-refractivity contribution in [2.24, 2.45) is 7.05 Å². The number of rotatable bonds is 3. The number of aromatic nitrogens is 4. The van der Waals surface area contributed by atoms with Crippen LogP contribution in [-0.4, -0.2) is 19.7 Å². The lowest BCUT2D eigenvalue weighted by molar-refractivity contribution is 0.554. The van der Waals surface area contributed by atoms with Gasteiger partial charge in [0, 0.05) is 36.5 Å². The number of benzene rings is 1. The van der Waals surface area contributed by atoms with Crippen molar-refractivity contribution >= 4 is 16.7 Å². The zero-order valence-corrected chi connectivity index (χ0v) is 12.9. The highest BCUT2D eigenvalue weighted by Crippen LogP contribution is 2.24. The molecule has 3 aromatic rings. The molecule has 0 saturated carbocycles. The number of imidazole rings is 1. The summed E-state index contributed by atoms with van der Waals surface area (Å²) in [5.74, 6) is 1.02. The van der Waals surface area contributed by atoms with Gasteiger partial charge in [-0.25, -0.2) is 4.98 Å². The Morgan fingerprint density at radius 3 is 2.76 bits per heavy atom. The molecular weight excluding hydrogens is 262 g/mol. The Bertz CT molecular complexity index is 760. The van der Waals surface area contributed by atoms with Gasteiger partial charge in [-0.2, -0.15) is 5.10 Å². The van der Waals surface area contributed by atoms with Gasteiger partial charge in [-0.05, 0) is 18.2 Å². The van der Waals surface area contributed by atoms with Crippen LogP contribution in [0, 0.1) is 0 Å². The smallest absolute Gasteiger partial charge is 0.112 e. The summed E-state index contributed by atoms with van der Waals surface area (Å²) >= 11 is 0. The van der Waals surface area contributed by atoms with E-state index in [9.17, 15) is 0 Å². The first-order chi connectivity index (χ1) is 9.91. The minimum absolute atomic E-state index is 0.0301. The maximum absolute atomic E-state index is 4.65. The molecule has 0 aliphatic carbocycles. The molecule has 5 heteroatoms. The number of aromatic amines is 1. The molecule has 0 fully saturated rings. The molecule has 0 unspecified atom stereocenters. The maximum atomic E-state index is 4.65. The summed E-state index contributed by atoms with van der Waals surface area (Å²) in [5.41, 5.74) is 4.35. The van der Waals surface area contributed by atoms with Crippen LogP contribution in [0.25, 0.3) is 11.0 Å². The molecule has 110 valence electrons. The third kappa shape index (κ3) is 2.91. The van der Waals surface area contributed by atoms with Gasteiger partial charge < -0.3 is 10.3 Å². The number of hydrogen-bond donors (Lipinski definition) is 2. The van der Waals surface area contributed by atoms with Crippen LogP contribution < -0.4 is 5.32 Å². The molecule has 0 atom stereocenters. The van der Waals surface area contributed by atoms with Crippen molar-refractivity contribution < 1.29 is 0 Å². The monoisotopic (exact) mass is 283 g/mol. The molecule has 5 nitrogen and oxygen atoms in total. The second kappa shape index (κ2) is 4.91. The summed E-state index contributed by atoms with van der Waals surface area (Å²) in [6.45, 7) is 7.24. The van der Waals surface area contributed by atoms with E-state index in [2.05, 4.69) is 53.3 Å². The molecule has 0 bridgehead atoms. The molecule has 0 aliphatic rings. The summed E-state index contributed by atoms with van der Waals surface area (Å²) < 4.78 is 1.81. The number of nitrogens with one attached hydrogen (secondary N) is 2. The fourth-order valence-electron chi connectivity index (χ4n) is 2.24. The zero-order chi connectivity index (χ0) is 15.0. The van der Waals surface area contributed by atoms with Crippen LogP contribution >= 0.6 is 0 Å². The van der Waals surface area contributed by atoms with Crippen LogP contribution in [0.3, 0.4) is 0 Å². The molecule has 0 amide bonds. The number of anilines is 1. The van der Waals surface area contributed by atoms with Gasteiger partial charge in [0.1, 0.15) is 5.82 Å². The van der Waals surface area contributed by atoms with E-state index in [1.807, 2.05) is 30.2 Å². The first-order valence-electron chi connectivity index (χ1n) is 7.13. The molecule has 0 saturated heterocycles.